The number of rotatable bonds is 5. The number of aryl methyl sites for hydroxylation is 2. The number of amides is 1. The van der Waals surface area contributed by atoms with Gasteiger partial charge in [0.15, 0.2) is 0 Å². The molecule has 0 bridgehead atoms. The van der Waals surface area contributed by atoms with Crippen LogP contribution in [0.3, 0.4) is 0 Å². The van der Waals surface area contributed by atoms with Gasteiger partial charge >= 0.3 is 0 Å². The fourth-order valence-electron chi connectivity index (χ4n) is 3.24. The second kappa shape index (κ2) is 6.49. The van der Waals surface area contributed by atoms with Crippen LogP contribution in [0, 0.1) is 5.41 Å². The Balaban J connectivity index is 1.61. The monoisotopic (exact) mass is 307 g/mol. The van der Waals surface area contributed by atoms with E-state index in [-0.39, 0.29) is 17.9 Å². The predicted octanol–water partition coefficient (Wildman–Crippen LogP) is 3.30. The van der Waals surface area contributed by atoms with E-state index in [0.717, 1.165) is 43.5 Å². The minimum absolute atomic E-state index is 0.0796. The fraction of sp³-hybridized carbons (Fsp3) is 0.706. The van der Waals surface area contributed by atoms with Crippen LogP contribution in [0.4, 0.5) is 0 Å². The second-order valence-corrected chi connectivity index (χ2v) is 7.77. The Labute approximate surface area is 130 Å². The number of thiophene rings is 1. The van der Waals surface area contributed by atoms with Crippen molar-refractivity contribution in [3.05, 3.63) is 21.4 Å². The molecule has 0 atom stereocenters. The molecular weight excluding hydrogens is 282 g/mol. The van der Waals surface area contributed by atoms with Crippen molar-refractivity contribution in [1.29, 1.82) is 0 Å². The van der Waals surface area contributed by atoms with Gasteiger partial charge in [-0.2, -0.15) is 0 Å². The van der Waals surface area contributed by atoms with E-state index in [0.29, 0.717) is 0 Å². The summed E-state index contributed by atoms with van der Waals surface area (Å²) in [4.78, 5) is 14.7. The van der Waals surface area contributed by atoms with Gasteiger partial charge in [-0.1, -0.05) is 12.8 Å². The maximum absolute atomic E-state index is 12.3. The highest BCUT2D eigenvalue weighted by molar-refractivity contribution is 7.14. The summed E-state index contributed by atoms with van der Waals surface area (Å²) >= 11 is 1.69. The Morgan fingerprint density at radius 3 is 2.71 bits per heavy atom. The van der Waals surface area contributed by atoms with Crippen molar-refractivity contribution in [2.45, 2.75) is 57.8 Å². The highest BCUT2D eigenvalue weighted by atomic mass is 32.1. The Morgan fingerprint density at radius 1 is 1.24 bits per heavy atom. The van der Waals surface area contributed by atoms with Gasteiger partial charge in [0.2, 0.25) is 0 Å². The zero-order valence-corrected chi connectivity index (χ0v) is 13.4. The van der Waals surface area contributed by atoms with Gasteiger partial charge in [0.05, 0.1) is 4.88 Å². The van der Waals surface area contributed by atoms with Crippen molar-refractivity contribution in [2.75, 3.05) is 13.2 Å². The van der Waals surface area contributed by atoms with E-state index >= 15 is 0 Å². The van der Waals surface area contributed by atoms with Crippen molar-refractivity contribution >= 4 is 17.2 Å². The molecule has 0 aromatic carbocycles. The summed E-state index contributed by atoms with van der Waals surface area (Å²) in [6.07, 6.45) is 10.5. The predicted molar refractivity (Wildman–Crippen MR) is 85.9 cm³/mol. The average Bonchev–Trinajstić information content (AvgIpc) is 3.11. The Bertz CT molecular complexity index is 479. The van der Waals surface area contributed by atoms with E-state index in [4.69, 9.17) is 5.11 Å². The number of hydrogen-bond donors (Lipinski definition) is 2. The van der Waals surface area contributed by atoms with Crippen LogP contribution in [0.1, 0.15) is 65.1 Å². The third-order valence-electron chi connectivity index (χ3n) is 4.94. The number of nitrogens with one attached hydrogen (secondary N) is 1. The van der Waals surface area contributed by atoms with Crippen LogP contribution in [0.5, 0.6) is 0 Å². The minimum atomic E-state index is 0.0796. The third-order valence-corrected chi connectivity index (χ3v) is 6.18. The van der Waals surface area contributed by atoms with Crippen LogP contribution in [0.2, 0.25) is 0 Å². The Kier molecular flexibility index (Phi) is 4.65. The topological polar surface area (TPSA) is 49.3 Å². The minimum Gasteiger partial charge on any atom is -0.396 e. The Hall–Kier alpha value is -0.870. The van der Waals surface area contributed by atoms with E-state index in [1.807, 2.05) is 0 Å². The number of aliphatic hydroxyl groups excluding tert-OH is 1. The van der Waals surface area contributed by atoms with Gasteiger partial charge in [-0.05, 0) is 62.0 Å². The van der Waals surface area contributed by atoms with Crippen molar-refractivity contribution < 1.29 is 9.90 Å². The largest absolute Gasteiger partial charge is 0.396 e. The Morgan fingerprint density at radius 2 is 2.00 bits per heavy atom. The smallest absolute Gasteiger partial charge is 0.261 e. The van der Waals surface area contributed by atoms with Gasteiger partial charge in [0.1, 0.15) is 0 Å². The molecular formula is C17H25NO2S. The lowest BCUT2D eigenvalue weighted by molar-refractivity contribution is 0.0945. The highest BCUT2D eigenvalue weighted by Gasteiger charge is 2.42. The molecule has 4 heteroatoms. The van der Waals surface area contributed by atoms with E-state index in [2.05, 4.69) is 11.4 Å². The number of fused-ring (bicyclic) bond motifs is 1. The number of hydrogen-bond acceptors (Lipinski definition) is 3. The molecule has 0 unspecified atom stereocenters. The summed E-state index contributed by atoms with van der Waals surface area (Å²) in [6, 6.07) is 2.12. The molecule has 1 heterocycles. The molecule has 1 saturated carbocycles. The first-order valence-electron chi connectivity index (χ1n) is 8.23. The maximum atomic E-state index is 12.3. The SMILES string of the molecule is O=C(NCC1(CCO)CC1)c1cc2c(s1)CCCCCC2. The molecule has 2 aliphatic carbocycles. The lowest BCUT2D eigenvalue weighted by Crippen LogP contribution is -2.30. The first-order chi connectivity index (χ1) is 10.2. The van der Waals surface area contributed by atoms with E-state index < -0.39 is 0 Å². The van der Waals surface area contributed by atoms with Crippen molar-refractivity contribution in [3.8, 4) is 0 Å². The van der Waals surface area contributed by atoms with Crippen molar-refractivity contribution in [1.82, 2.24) is 5.32 Å². The summed E-state index contributed by atoms with van der Waals surface area (Å²) < 4.78 is 0. The zero-order valence-electron chi connectivity index (χ0n) is 12.6. The molecule has 2 aliphatic rings. The average molecular weight is 307 g/mol. The van der Waals surface area contributed by atoms with Crippen LogP contribution in [-0.4, -0.2) is 24.2 Å². The van der Waals surface area contributed by atoms with Crippen molar-refractivity contribution in [2.24, 2.45) is 5.41 Å². The quantitative estimate of drug-likeness (QED) is 0.877. The molecule has 0 spiro atoms. The molecule has 21 heavy (non-hydrogen) atoms. The lowest BCUT2D eigenvalue weighted by atomic mass is 9.99. The summed E-state index contributed by atoms with van der Waals surface area (Å²) in [7, 11) is 0. The summed E-state index contributed by atoms with van der Waals surface area (Å²) in [5.41, 5.74) is 1.59. The maximum Gasteiger partial charge on any atom is 0.261 e. The van der Waals surface area contributed by atoms with Crippen molar-refractivity contribution in [3.63, 3.8) is 0 Å². The zero-order chi connectivity index (χ0) is 14.7. The number of aliphatic hydroxyl groups is 1. The molecule has 1 amide bonds. The molecule has 0 saturated heterocycles. The highest BCUT2D eigenvalue weighted by Crippen LogP contribution is 2.47. The van der Waals surface area contributed by atoms with Gasteiger partial charge < -0.3 is 10.4 Å². The summed E-state index contributed by atoms with van der Waals surface area (Å²) in [5.74, 6) is 0.0796. The molecule has 3 nitrogen and oxygen atoms in total. The van der Waals surface area contributed by atoms with Crippen LogP contribution in [0.25, 0.3) is 0 Å². The standard InChI is InChI=1S/C17H25NO2S/c19-10-9-17(7-8-17)12-18-16(20)15-11-13-5-3-1-2-4-6-14(13)21-15/h11,19H,1-10,12H2,(H,18,20). The van der Waals surface area contributed by atoms with Crippen LogP contribution < -0.4 is 5.32 Å². The van der Waals surface area contributed by atoms with E-state index in [9.17, 15) is 4.79 Å². The molecule has 3 rings (SSSR count). The molecule has 1 aromatic rings. The van der Waals surface area contributed by atoms with Crippen LogP contribution >= 0.6 is 11.3 Å². The first kappa shape index (κ1) is 15.0. The third kappa shape index (κ3) is 3.67. The van der Waals surface area contributed by atoms with Gasteiger partial charge in [-0.3, -0.25) is 4.79 Å². The molecule has 1 fully saturated rings. The molecule has 0 radical (unpaired) electrons. The molecule has 2 N–H and O–H groups in total. The molecule has 1 aromatic heterocycles. The molecule has 0 aliphatic heterocycles. The van der Waals surface area contributed by atoms with E-state index in [1.165, 1.54) is 36.1 Å². The van der Waals surface area contributed by atoms with Crippen LogP contribution in [-0.2, 0) is 12.8 Å². The normalized spacial score (nSPS) is 20.2. The van der Waals surface area contributed by atoms with E-state index in [1.54, 1.807) is 11.3 Å². The lowest BCUT2D eigenvalue weighted by Gasteiger charge is -2.13. The fourth-order valence-corrected chi connectivity index (χ4v) is 4.41. The van der Waals surface area contributed by atoms with Gasteiger partial charge in [-0.15, -0.1) is 11.3 Å². The number of carbonyl (C=O) groups excluding carboxylic acids is 1. The molecule has 116 valence electrons. The van der Waals surface area contributed by atoms with Gasteiger partial charge in [-0.25, -0.2) is 0 Å². The summed E-state index contributed by atoms with van der Waals surface area (Å²) in [5, 5.41) is 12.2. The summed E-state index contributed by atoms with van der Waals surface area (Å²) in [6.45, 7) is 0.943. The van der Waals surface area contributed by atoms with Gasteiger partial charge in [0, 0.05) is 18.0 Å². The second-order valence-electron chi connectivity index (χ2n) is 6.63. The number of carbonyl (C=O) groups is 1. The van der Waals surface area contributed by atoms with Crippen LogP contribution in [0.15, 0.2) is 6.07 Å². The van der Waals surface area contributed by atoms with Gasteiger partial charge in [0.25, 0.3) is 5.91 Å². The first-order valence-corrected chi connectivity index (χ1v) is 9.05.